The first-order valence-corrected chi connectivity index (χ1v) is 18.2. The molecule has 0 saturated carbocycles. The number of hydrogen-bond acceptors (Lipinski definition) is 11. The van der Waals surface area contributed by atoms with Crippen LogP contribution < -0.4 is 24.0 Å². The van der Waals surface area contributed by atoms with Crippen LogP contribution in [0.1, 0.15) is 15.9 Å². The number of carbonyl (C=O) groups excluding carboxylic acids is 1. The molecular weight excluding hydrogens is 704 g/mol. The summed E-state index contributed by atoms with van der Waals surface area (Å²) in [6.07, 6.45) is 5.51. The highest BCUT2D eigenvalue weighted by Gasteiger charge is 2.30. The van der Waals surface area contributed by atoms with Crippen LogP contribution in [0, 0.1) is 5.82 Å². The Hall–Kier alpha value is -5.35. The number of halogens is 1. The van der Waals surface area contributed by atoms with Crippen molar-refractivity contribution in [2.75, 3.05) is 74.7 Å². The molecule has 274 valence electrons. The summed E-state index contributed by atoms with van der Waals surface area (Å²) in [6, 6.07) is 15.4. The molecule has 5 aromatic rings. The van der Waals surface area contributed by atoms with E-state index < -0.39 is 23.1 Å². The van der Waals surface area contributed by atoms with Crippen molar-refractivity contribution in [3.63, 3.8) is 0 Å². The molecule has 5 heterocycles. The summed E-state index contributed by atoms with van der Waals surface area (Å²) in [5, 5.41) is 3.41. The number of hydrogen-bond donors (Lipinski definition) is 2. The lowest BCUT2D eigenvalue weighted by Crippen LogP contribution is -2.56. The van der Waals surface area contributed by atoms with Crippen LogP contribution in [0.15, 0.2) is 73.2 Å². The van der Waals surface area contributed by atoms with Crippen molar-refractivity contribution in [3.05, 3.63) is 90.1 Å². The number of aromatic nitrogens is 2. The number of rotatable bonds is 10. The van der Waals surface area contributed by atoms with Gasteiger partial charge in [0.15, 0.2) is 0 Å². The van der Waals surface area contributed by atoms with Gasteiger partial charge in [-0.15, -0.1) is 0 Å². The molecule has 0 aliphatic carbocycles. The van der Waals surface area contributed by atoms with Crippen molar-refractivity contribution in [1.29, 1.82) is 0 Å². The normalized spacial score (nSPS) is 16.4. The third-order valence-corrected chi connectivity index (χ3v) is 10.6. The van der Waals surface area contributed by atoms with E-state index in [1.54, 1.807) is 54.9 Å². The number of carbonyl (C=O) groups is 1. The highest BCUT2D eigenvalue weighted by atomic mass is 32.2. The topological polar surface area (TPSA) is 139 Å². The molecule has 1 unspecified atom stereocenters. The zero-order valence-electron chi connectivity index (χ0n) is 29.1. The molecule has 1 atom stereocenters. The molecule has 2 aromatic heterocycles. The van der Waals surface area contributed by atoms with Crippen molar-refractivity contribution in [2.24, 2.45) is 0 Å². The standard InChI is InChI=1S/C38H37FN6O7S/c1-49-30-5-3-27(4-6-30)45(53(47)48)34-20-41-33-16-24(31-19-40-18-23-7-12-52-37(23)31)15-32(39)35(33)36(34)42-26-13-25(38(46)50-2)14-28(17-26)43-8-10-44(11-9-43)29-21-51-22-29/h3-6,13-20,29H,7-12,21-22H2,1-2H3,(H,41,42)(H,47,48). The number of methoxy groups -OCH3 is 2. The number of piperazine rings is 1. The van der Waals surface area contributed by atoms with Crippen LogP contribution in [0.5, 0.6) is 11.5 Å². The van der Waals surface area contributed by atoms with Crippen molar-refractivity contribution in [3.8, 4) is 22.6 Å². The van der Waals surface area contributed by atoms with Crippen LogP contribution in [0.3, 0.4) is 0 Å². The molecule has 2 saturated heterocycles. The van der Waals surface area contributed by atoms with Gasteiger partial charge in [0.1, 0.15) is 17.3 Å². The summed E-state index contributed by atoms with van der Waals surface area (Å²) >= 11 is -2.62. The largest absolute Gasteiger partial charge is 0.497 e. The fourth-order valence-electron chi connectivity index (χ4n) is 7.07. The van der Waals surface area contributed by atoms with Crippen LogP contribution in [0.25, 0.3) is 22.0 Å². The van der Waals surface area contributed by atoms with E-state index in [9.17, 15) is 13.6 Å². The maximum absolute atomic E-state index is 16.8. The van der Waals surface area contributed by atoms with Gasteiger partial charge in [-0.2, -0.15) is 0 Å². The summed E-state index contributed by atoms with van der Waals surface area (Å²) in [7, 11) is 2.84. The van der Waals surface area contributed by atoms with Gasteiger partial charge in [0.2, 0.25) is 0 Å². The molecule has 0 spiro atoms. The Kier molecular flexibility index (Phi) is 9.55. The van der Waals surface area contributed by atoms with Crippen LogP contribution in [0.2, 0.25) is 0 Å². The maximum atomic E-state index is 16.8. The van der Waals surface area contributed by atoms with E-state index in [-0.39, 0.29) is 27.8 Å². The van der Waals surface area contributed by atoms with E-state index in [1.165, 1.54) is 26.5 Å². The summed E-state index contributed by atoms with van der Waals surface area (Å²) in [5.74, 6) is 0.0251. The minimum Gasteiger partial charge on any atom is -0.497 e. The number of anilines is 5. The summed E-state index contributed by atoms with van der Waals surface area (Å²) < 4.78 is 63.4. The predicted molar refractivity (Wildman–Crippen MR) is 199 cm³/mol. The van der Waals surface area contributed by atoms with Gasteiger partial charge >= 0.3 is 5.97 Å². The molecule has 13 nitrogen and oxygen atoms in total. The molecule has 15 heteroatoms. The zero-order chi connectivity index (χ0) is 36.6. The van der Waals surface area contributed by atoms with E-state index in [1.807, 2.05) is 6.07 Å². The van der Waals surface area contributed by atoms with Gasteiger partial charge in [0, 0.05) is 67.5 Å². The number of ether oxygens (including phenoxy) is 4. The minimum atomic E-state index is -2.62. The Labute approximate surface area is 307 Å². The predicted octanol–water partition coefficient (Wildman–Crippen LogP) is 5.71. The molecule has 3 aliphatic rings. The fourth-order valence-corrected chi connectivity index (χ4v) is 7.68. The number of nitrogens with zero attached hydrogens (tertiary/aromatic N) is 5. The van der Waals surface area contributed by atoms with Crippen molar-refractivity contribution in [1.82, 2.24) is 14.9 Å². The Morgan fingerprint density at radius 2 is 1.83 bits per heavy atom. The van der Waals surface area contributed by atoms with Gasteiger partial charge in [0.25, 0.3) is 11.3 Å². The Balaban J connectivity index is 1.26. The van der Waals surface area contributed by atoms with Crippen LogP contribution >= 0.6 is 0 Å². The first-order chi connectivity index (χ1) is 25.8. The third kappa shape index (κ3) is 6.72. The zero-order valence-corrected chi connectivity index (χ0v) is 29.9. The van der Waals surface area contributed by atoms with Gasteiger partial charge < -0.3 is 29.2 Å². The number of fused-ring (bicyclic) bond motifs is 2. The SMILES string of the molecule is COC(=O)c1cc(Nc2c(N(c3ccc(OC)cc3)S(=O)O)cnc3cc(-c4cncc5c4OCC5)cc(F)c23)cc(N2CCN(C3COC3)CC2)c1. The number of nitrogens with one attached hydrogen (secondary N) is 1. The van der Waals surface area contributed by atoms with E-state index in [0.717, 1.165) is 54.9 Å². The molecule has 0 bridgehead atoms. The molecular formula is C38H37FN6O7S. The van der Waals surface area contributed by atoms with Crippen molar-refractivity contribution in [2.45, 2.75) is 12.5 Å². The quantitative estimate of drug-likeness (QED) is 0.134. The lowest BCUT2D eigenvalue weighted by molar-refractivity contribution is -0.0660. The molecule has 2 fully saturated rings. The molecule has 8 rings (SSSR count). The second-order valence-corrected chi connectivity index (χ2v) is 13.8. The van der Waals surface area contributed by atoms with Crippen molar-refractivity contribution < 1.29 is 36.9 Å². The lowest BCUT2D eigenvalue weighted by Gasteiger charge is -2.43. The van der Waals surface area contributed by atoms with Gasteiger partial charge in [-0.1, -0.05) is 0 Å². The second-order valence-electron chi connectivity index (χ2n) is 13.0. The van der Waals surface area contributed by atoms with E-state index >= 15 is 4.39 Å². The summed E-state index contributed by atoms with van der Waals surface area (Å²) in [4.78, 5) is 26.6. The first-order valence-electron chi connectivity index (χ1n) is 17.2. The van der Waals surface area contributed by atoms with Gasteiger partial charge in [-0.25, -0.2) is 17.7 Å². The molecule has 0 radical (unpaired) electrons. The average molecular weight is 741 g/mol. The van der Waals surface area contributed by atoms with Crippen LogP contribution in [-0.4, -0.2) is 95.9 Å². The van der Waals surface area contributed by atoms with Gasteiger partial charge in [-0.05, 0) is 60.2 Å². The maximum Gasteiger partial charge on any atom is 0.337 e. The number of pyridine rings is 2. The van der Waals surface area contributed by atoms with Gasteiger partial charge in [-0.3, -0.25) is 19.4 Å². The van der Waals surface area contributed by atoms with E-state index in [2.05, 4.69) is 25.1 Å². The summed E-state index contributed by atoms with van der Waals surface area (Å²) in [5.41, 5.74) is 4.47. The highest BCUT2D eigenvalue weighted by molar-refractivity contribution is 7.81. The monoisotopic (exact) mass is 740 g/mol. The molecule has 53 heavy (non-hydrogen) atoms. The van der Waals surface area contributed by atoms with Crippen LogP contribution in [0.4, 0.5) is 32.8 Å². The van der Waals surface area contributed by atoms with Crippen molar-refractivity contribution >= 4 is 56.6 Å². The minimum absolute atomic E-state index is 0.0676. The van der Waals surface area contributed by atoms with Gasteiger partial charge in [0.05, 0.1) is 79.8 Å². The number of esters is 1. The lowest BCUT2D eigenvalue weighted by atomic mass is 10.0. The molecule has 3 aliphatic heterocycles. The smallest absolute Gasteiger partial charge is 0.337 e. The fraction of sp³-hybridized carbons (Fsp3) is 0.289. The highest BCUT2D eigenvalue weighted by Crippen LogP contribution is 2.44. The summed E-state index contributed by atoms with van der Waals surface area (Å²) in [6.45, 7) is 5.08. The molecule has 3 aromatic carbocycles. The number of benzene rings is 3. The Morgan fingerprint density at radius 3 is 2.53 bits per heavy atom. The Morgan fingerprint density at radius 1 is 1.04 bits per heavy atom. The second kappa shape index (κ2) is 14.6. The van der Waals surface area contributed by atoms with E-state index in [0.29, 0.717) is 53.1 Å². The average Bonchev–Trinajstić information content (AvgIpc) is 3.64. The molecule has 2 N–H and O–H groups in total. The third-order valence-electron chi connectivity index (χ3n) is 9.91. The Bertz CT molecular complexity index is 2210. The van der Waals surface area contributed by atoms with Crippen LogP contribution in [-0.2, 0) is 27.2 Å². The van der Waals surface area contributed by atoms with E-state index in [4.69, 9.17) is 18.9 Å². The first kappa shape index (κ1) is 34.7. The molecule has 0 amide bonds.